The van der Waals surface area contributed by atoms with E-state index in [-0.39, 0.29) is 18.7 Å². The van der Waals surface area contributed by atoms with Gasteiger partial charge < -0.3 is 9.47 Å². The Hall–Kier alpha value is -1.06. The Morgan fingerprint density at radius 3 is 2.73 bits per heavy atom. The topological polar surface area (TPSA) is 52.6 Å². The minimum atomic E-state index is -0.358. The van der Waals surface area contributed by atoms with Gasteiger partial charge in [0.1, 0.15) is 12.7 Å². The Morgan fingerprint density at radius 2 is 2.27 bits per heavy atom. The van der Waals surface area contributed by atoms with Crippen molar-refractivity contribution in [1.82, 2.24) is 0 Å². The zero-order chi connectivity index (χ0) is 8.69. The third kappa shape index (κ3) is 5.39. The lowest BCUT2D eigenvalue weighted by atomic mass is 10.4. The van der Waals surface area contributed by atoms with Crippen LogP contribution in [0.5, 0.6) is 0 Å². The monoisotopic (exact) mass is 160 g/mol. The van der Waals surface area contributed by atoms with Gasteiger partial charge >= 0.3 is 5.97 Å². The highest BCUT2D eigenvalue weighted by molar-refractivity contribution is 5.68. The molecule has 0 heterocycles. The highest BCUT2D eigenvalue weighted by Crippen LogP contribution is 1.91. The summed E-state index contributed by atoms with van der Waals surface area (Å²) < 4.78 is 9.16. The van der Waals surface area contributed by atoms with Crippen molar-refractivity contribution in [2.75, 3.05) is 6.61 Å². The fraction of sp³-hybridized carbons (Fsp3) is 0.714. The number of rotatable bonds is 5. The van der Waals surface area contributed by atoms with Gasteiger partial charge in [0.25, 0.3) is 6.47 Å². The molecule has 0 aromatic heterocycles. The molecule has 0 rings (SSSR count). The van der Waals surface area contributed by atoms with Gasteiger partial charge in [-0.2, -0.15) is 0 Å². The summed E-state index contributed by atoms with van der Waals surface area (Å²) >= 11 is 0. The molecule has 0 aromatic carbocycles. The lowest BCUT2D eigenvalue weighted by Gasteiger charge is -2.08. The number of hydrogen-bond donors (Lipinski definition) is 0. The Balaban J connectivity index is 3.36. The molecule has 0 saturated heterocycles. The van der Waals surface area contributed by atoms with Gasteiger partial charge in [0, 0.05) is 6.42 Å². The number of carbonyl (C=O) groups excluding carboxylic acids is 2. The highest BCUT2D eigenvalue weighted by Gasteiger charge is 2.04. The average Bonchev–Trinajstić information content (AvgIpc) is 2.01. The Bertz CT molecular complexity index is 132. The number of hydrogen-bond acceptors (Lipinski definition) is 4. The molecular formula is C7H12O4. The zero-order valence-electron chi connectivity index (χ0n) is 6.70. The molecule has 11 heavy (non-hydrogen) atoms. The SMILES string of the molecule is CCC(=O)OCC(C)OC=O. The minimum Gasteiger partial charge on any atom is -0.462 e. The molecule has 0 aliphatic heterocycles. The maximum Gasteiger partial charge on any atom is 0.305 e. The minimum absolute atomic E-state index is 0.130. The Labute approximate surface area is 65.5 Å². The van der Waals surface area contributed by atoms with Crippen LogP contribution >= 0.6 is 0 Å². The van der Waals surface area contributed by atoms with Crippen LogP contribution in [0.4, 0.5) is 0 Å². The molecule has 0 aliphatic carbocycles. The largest absolute Gasteiger partial charge is 0.462 e. The van der Waals surface area contributed by atoms with E-state index < -0.39 is 0 Å². The van der Waals surface area contributed by atoms with Crippen molar-refractivity contribution in [2.45, 2.75) is 26.4 Å². The molecule has 1 unspecified atom stereocenters. The van der Waals surface area contributed by atoms with E-state index in [1.165, 1.54) is 0 Å². The summed E-state index contributed by atoms with van der Waals surface area (Å²) in [5.74, 6) is -0.286. The molecule has 0 bridgehead atoms. The number of ether oxygens (including phenoxy) is 2. The molecule has 0 N–H and O–H groups in total. The lowest BCUT2D eigenvalue weighted by Crippen LogP contribution is -2.17. The summed E-state index contributed by atoms with van der Waals surface area (Å²) in [7, 11) is 0. The molecule has 0 amide bonds. The molecule has 1 atom stereocenters. The summed E-state index contributed by atoms with van der Waals surface area (Å²) in [6.45, 7) is 3.82. The number of carbonyl (C=O) groups is 2. The van der Waals surface area contributed by atoms with Gasteiger partial charge in [-0.15, -0.1) is 0 Å². The standard InChI is InChI=1S/C7H12O4/c1-3-7(9)10-4-6(2)11-5-8/h5-6H,3-4H2,1-2H3. The maximum absolute atomic E-state index is 10.6. The predicted molar refractivity (Wildman–Crippen MR) is 37.9 cm³/mol. The summed E-state index contributed by atoms with van der Waals surface area (Å²) in [5, 5.41) is 0. The lowest BCUT2D eigenvalue weighted by molar-refractivity contribution is -0.150. The highest BCUT2D eigenvalue weighted by atomic mass is 16.6. The zero-order valence-corrected chi connectivity index (χ0v) is 6.70. The van der Waals surface area contributed by atoms with Crippen LogP contribution in [0.15, 0.2) is 0 Å². The van der Waals surface area contributed by atoms with E-state index in [0.29, 0.717) is 12.9 Å². The van der Waals surface area contributed by atoms with Crippen molar-refractivity contribution in [3.63, 3.8) is 0 Å². The second-order valence-electron chi connectivity index (χ2n) is 2.08. The van der Waals surface area contributed by atoms with Gasteiger partial charge in [-0.05, 0) is 6.92 Å². The normalized spacial score (nSPS) is 11.8. The van der Waals surface area contributed by atoms with E-state index in [1.54, 1.807) is 13.8 Å². The first-order valence-corrected chi connectivity index (χ1v) is 3.45. The van der Waals surface area contributed by atoms with Crippen molar-refractivity contribution in [1.29, 1.82) is 0 Å². The second kappa shape index (κ2) is 5.70. The van der Waals surface area contributed by atoms with Crippen molar-refractivity contribution in [2.24, 2.45) is 0 Å². The second-order valence-corrected chi connectivity index (χ2v) is 2.08. The molecule has 0 aromatic rings. The Morgan fingerprint density at radius 1 is 1.64 bits per heavy atom. The van der Waals surface area contributed by atoms with Gasteiger partial charge in [0.05, 0.1) is 0 Å². The molecule has 0 spiro atoms. The van der Waals surface area contributed by atoms with E-state index in [0.717, 1.165) is 0 Å². The van der Waals surface area contributed by atoms with Gasteiger partial charge in [0.15, 0.2) is 0 Å². The molecule has 64 valence electrons. The van der Waals surface area contributed by atoms with E-state index in [9.17, 15) is 9.59 Å². The molecule has 4 heteroatoms. The van der Waals surface area contributed by atoms with Crippen molar-refractivity contribution in [3.05, 3.63) is 0 Å². The van der Waals surface area contributed by atoms with E-state index in [2.05, 4.69) is 9.47 Å². The summed E-state index contributed by atoms with van der Waals surface area (Å²) in [4.78, 5) is 20.3. The third-order valence-electron chi connectivity index (χ3n) is 1.06. The van der Waals surface area contributed by atoms with E-state index >= 15 is 0 Å². The van der Waals surface area contributed by atoms with Gasteiger partial charge in [-0.1, -0.05) is 6.92 Å². The van der Waals surface area contributed by atoms with Crippen molar-refractivity contribution in [3.8, 4) is 0 Å². The fourth-order valence-electron chi connectivity index (χ4n) is 0.446. The van der Waals surface area contributed by atoms with Crippen molar-refractivity contribution < 1.29 is 19.1 Å². The predicted octanol–water partition coefficient (Wildman–Crippen LogP) is 0.501. The van der Waals surface area contributed by atoms with Crippen LogP contribution in [-0.2, 0) is 19.1 Å². The fourth-order valence-corrected chi connectivity index (χ4v) is 0.446. The molecule has 0 radical (unpaired) electrons. The van der Waals surface area contributed by atoms with Gasteiger partial charge in [0.2, 0.25) is 0 Å². The third-order valence-corrected chi connectivity index (χ3v) is 1.06. The van der Waals surface area contributed by atoms with Gasteiger partial charge in [-0.3, -0.25) is 9.59 Å². The van der Waals surface area contributed by atoms with Crippen LogP contribution in [0.25, 0.3) is 0 Å². The smallest absolute Gasteiger partial charge is 0.305 e. The summed E-state index contributed by atoms with van der Waals surface area (Å²) in [6.07, 6.45) is -0.0173. The molecular weight excluding hydrogens is 148 g/mol. The molecule has 4 nitrogen and oxygen atoms in total. The first-order valence-electron chi connectivity index (χ1n) is 3.45. The first kappa shape index (κ1) is 9.94. The van der Waals surface area contributed by atoms with Crippen LogP contribution in [0, 0.1) is 0 Å². The van der Waals surface area contributed by atoms with Crippen LogP contribution in [0.2, 0.25) is 0 Å². The van der Waals surface area contributed by atoms with Crippen LogP contribution in [0.3, 0.4) is 0 Å². The first-order chi connectivity index (χ1) is 5.20. The molecule has 0 saturated carbocycles. The van der Waals surface area contributed by atoms with Crippen LogP contribution in [-0.4, -0.2) is 25.2 Å². The molecule has 0 aliphatic rings. The van der Waals surface area contributed by atoms with Gasteiger partial charge in [-0.25, -0.2) is 0 Å². The quantitative estimate of drug-likeness (QED) is 0.434. The van der Waals surface area contributed by atoms with E-state index in [4.69, 9.17) is 0 Å². The van der Waals surface area contributed by atoms with Crippen LogP contribution < -0.4 is 0 Å². The summed E-state index contributed by atoms with van der Waals surface area (Å²) in [6, 6.07) is 0. The van der Waals surface area contributed by atoms with E-state index in [1.807, 2.05) is 0 Å². The van der Waals surface area contributed by atoms with Crippen molar-refractivity contribution >= 4 is 12.4 Å². The number of esters is 1. The maximum atomic E-state index is 10.6. The molecule has 0 fully saturated rings. The summed E-state index contributed by atoms with van der Waals surface area (Å²) in [5.41, 5.74) is 0. The average molecular weight is 160 g/mol. The Kier molecular flexibility index (Phi) is 5.15. The van der Waals surface area contributed by atoms with Crippen LogP contribution in [0.1, 0.15) is 20.3 Å².